The van der Waals surface area contributed by atoms with Gasteiger partial charge in [0, 0.05) is 16.9 Å². The predicted octanol–water partition coefficient (Wildman–Crippen LogP) is 3.21. The van der Waals surface area contributed by atoms with Crippen molar-refractivity contribution in [1.82, 2.24) is 5.16 Å². The Hall–Kier alpha value is -2.15. The lowest BCUT2D eigenvalue weighted by atomic mass is 9.88. The van der Waals surface area contributed by atoms with Crippen LogP contribution in [0, 0.1) is 12.8 Å². The van der Waals surface area contributed by atoms with Gasteiger partial charge in [0.05, 0.1) is 12.7 Å². The Balaban J connectivity index is 1.86. The van der Waals surface area contributed by atoms with Crippen LogP contribution in [0.5, 0.6) is 0 Å². The Morgan fingerprint density at radius 2 is 2.26 bits per heavy atom. The Morgan fingerprint density at radius 1 is 1.48 bits per heavy atom. The van der Waals surface area contributed by atoms with Crippen molar-refractivity contribution in [2.45, 2.75) is 33.1 Å². The molecule has 2 heterocycles. The van der Waals surface area contributed by atoms with E-state index in [2.05, 4.69) is 17.4 Å². The van der Waals surface area contributed by atoms with Gasteiger partial charge in [0.1, 0.15) is 10.8 Å². The van der Waals surface area contributed by atoms with E-state index in [0.29, 0.717) is 22.2 Å². The number of methoxy groups -OCH3 is 1. The summed E-state index contributed by atoms with van der Waals surface area (Å²) in [4.78, 5) is 25.3. The third-order valence-corrected chi connectivity index (χ3v) is 4.95. The normalized spacial score (nSPS) is 16.7. The lowest BCUT2D eigenvalue weighted by Gasteiger charge is -2.16. The molecule has 122 valence electrons. The Bertz CT molecular complexity index is 762. The second kappa shape index (κ2) is 6.16. The summed E-state index contributed by atoms with van der Waals surface area (Å²) in [6, 6.07) is 1.70. The summed E-state index contributed by atoms with van der Waals surface area (Å²) in [5.74, 6) is 0.475. The first-order valence-corrected chi connectivity index (χ1v) is 8.28. The molecule has 0 saturated heterocycles. The zero-order chi connectivity index (χ0) is 16.6. The second-order valence-corrected chi connectivity index (χ2v) is 7.08. The molecule has 23 heavy (non-hydrogen) atoms. The van der Waals surface area contributed by atoms with E-state index in [0.717, 1.165) is 35.5 Å². The number of nitrogens with zero attached hydrogens (tertiary/aromatic N) is 1. The van der Waals surface area contributed by atoms with E-state index in [4.69, 9.17) is 9.26 Å². The van der Waals surface area contributed by atoms with E-state index in [1.807, 2.05) is 6.92 Å². The van der Waals surface area contributed by atoms with Crippen molar-refractivity contribution in [3.63, 3.8) is 0 Å². The van der Waals surface area contributed by atoms with Crippen LogP contribution in [0.1, 0.15) is 50.4 Å². The van der Waals surface area contributed by atoms with Crippen LogP contribution in [0.4, 0.5) is 5.00 Å². The van der Waals surface area contributed by atoms with Crippen LogP contribution in [-0.4, -0.2) is 24.1 Å². The van der Waals surface area contributed by atoms with Gasteiger partial charge in [-0.05, 0) is 31.7 Å². The van der Waals surface area contributed by atoms with E-state index < -0.39 is 5.97 Å². The molecule has 3 rings (SSSR count). The number of hydrogen-bond donors (Lipinski definition) is 1. The van der Waals surface area contributed by atoms with Crippen molar-refractivity contribution in [2.24, 2.45) is 5.92 Å². The number of hydrogen-bond acceptors (Lipinski definition) is 6. The largest absolute Gasteiger partial charge is 0.465 e. The molecule has 0 aliphatic heterocycles. The number of anilines is 1. The third-order valence-electron chi connectivity index (χ3n) is 3.99. The topological polar surface area (TPSA) is 81.4 Å². The highest BCUT2D eigenvalue weighted by atomic mass is 32.1. The van der Waals surface area contributed by atoms with Gasteiger partial charge in [-0.3, -0.25) is 4.79 Å². The molecule has 0 spiro atoms. The molecular formula is C16H18N2O4S. The molecule has 1 N–H and O–H groups in total. The van der Waals surface area contributed by atoms with Crippen LogP contribution < -0.4 is 5.32 Å². The first-order chi connectivity index (χ1) is 11.0. The number of rotatable bonds is 3. The monoisotopic (exact) mass is 334 g/mol. The molecule has 0 fully saturated rings. The van der Waals surface area contributed by atoms with Crippen LogP contribution in [0.3, 0.4) is 0 Å². The SMILES string of the molecule is COC(=O)c1cc(C)sc1NC(=O)c1noc2c1C[C@H](C)CC2. The molecule has 0 aromatic carbocycles. The fourth-order valence-electron chi connectivity index (χ4n) is 2.79. The van der Waals surface area contributed by atoms with Gasteiger partial charge < -0.3 is 14.6 Å². The zero-order valence-corrected chi connectivity index (χ0v) is 14.1. The molecule has 1 atom stereocenters. The van der Waals surface area contributed by atoms with E-state index in [1.54, 1.807) is 6.07 Å². The van der Waals surface area contributed by atoms with Crippen molar-refractivity contribution in [2.75, 3.05) is 12.4 Å². The summed E-state index contributed by atoms with van der Waals surface area (Å²) >= 11 is 1.33. The second-order valence-electron chi connectivity index (χ2n) is 5.83. The molecule has 6 nitrogen and oxygen atoms in total. The van der Waals surface area contributed by atoms with Crippen molar-refractivity contribution in [1.29, 1.82) is 0 Å². The molecule has 0 bridgehead atoms. The summed E-state index contributed by atoms with van der Waals surface area (Å²) in [6.07, 6.45) is 2.64. The molecule has 1 aliphatic rings. The minimum absolute atomic E-state index is 0.313. The summed E-state index contributed by atoms with van der Waals surface area (Å²) in [7, 11) is 1.32. The smallest absolute Gasteiger partial charge is 0.340 e. The highest BCUT2D eigenvalue weighted by Gasteiger charge is 2.28. The standard InChI is InChI=1S/C16H18N2O4S/c1-8-4-5-12-10(6-8)13(18-22-12)14(19)17-15-11(16(20)21-3)7-9(2)23-15/h7-8H,4-6H2,1-3H3,(H,17,19)/t8-/m1/s1. The molecule has 2 aromatic rings. The van der Waals surface area contributed by atoms with Crippen molar-refractivity contribution < 1.29 is 18.8 Å². The van der Waals surface area contributed by atoms with E-state index in [-0.39, 0.29) is 5.91 Å². The maximum Gasteiger partial charge on any atom is 0.340 e. The number of esters is 1. The van der Waals surface area contributed by atoms with Crippen molar-refractivity contribution >= 4 is 28.2 Å². The Kier molecular flexibility index (Phi) is 4.21. The molecule has 7 heteroatoms. The van der Waals surface area contributed by atoms with Gasteiger partial charge in [-0.15, -0.1) is 11.3 Å². The van der Waals surface area contributed by atoms with Gasteiger partial charge in [-0.2, -0.15) is 0 Å². The number of nitrogens with one attached hydrogen (secondary N) is 1. The molecule has 0 radical (unpaired) electrons. The summed E-state index contributed by atoms with van der Waals surface area (Å²) in [5, 5.41) is 7.17. The van der Waals surface area contributed by atoms with Gasteiger partial charge in [-0.1, -0.05) is 12.1 Å². The number of amides is 1. The van der Waals surface area contributed by atoms with Crippen molar-refractivity contribution in [3.8, 4) is 0 Å². The fourth-order valence-corrected chi connectivity index (χ4v) is 3.68. The highest BCUT2D eigenvalue weighted by molar-refractivity contribution is 7.16. The fraction of sp³-hybridized carbons (Fsp3) is 0.438. The number of carbonyl (C=O) groups excluding carboxylic acids is 2. The minimum Gasteiger partial charge on any atom is -0.465 e. The van der Waals surface area contributed by atoms with Gasteiger partial charge in [0.15, 0.2) is 5.69 Å². The van der Waals surface area contributed by atoms with Crippen LogP contribution in [-0.2, 0) is 17.6 Å². The molecule has 0 unspecified atom stereocenters. The number of thiophene rings is 1. The Morgan fingerprint density at radius 3 is 3.00 bits per heavy atom. The first kappa shape index (κ1) is 15.7. The number of ether oxygens (including phenoxy) is 1. The molecule has 2 aromatic heterocycles. The average molecular weight is 334 g/mol. The maximum atomic E-state index is 12.5. The number of aromatic nitrogens is 1. The van der Waals surface area contributed by atoms with E-state index in [1.165, 1.54) is 18.4 Å². The zero-order valence-electron chi connectivity index (χ0n) is 13.3. The van der Waals surface area contributed by atoms with Gasteiger partial charge in [0.2, 0.25) is 0 Å². The van der Waals surface area contributed by atoms with Gasteiger partial charge >= 0.3 is 5.97 Å². The third kappa shape index (κ3) is 3.01. The predicted molar refractivity (Wildman–Crippen MR) is 86.0 cm³/mol. The molecule has 1 amide bonds. The lowest BCUT2D eigenvalue weighted by Crippen LogP contribution is -2.18. The van der Waals surface area contributed by atoms with Crippen LogP contribution >= 0.6 is 11.3 Å². The first-order valence-electron chi connectivity index (χ1n) is 7.47. The molecule has 0 saturated carbocycles. The Labute approximate surface area is 137 Å². The van der Waals surface area contributed by atoms with Gasteiger partial charge in [-0.25, -0.2) is 4.79 Å². The highest BCUT2D eigenvalue weighted by Crippen LogP contribution is 2.31. The number of carbonyl (C=O) groups is 2. The summed E-state index contributed by atoms with van der Waals surface area (Å²) in [6.45, 7) is 4.02. The minimum atomic E-state index is -0.472. The molecular weight excluding hydrogens is 316 g/mol. The summed E-state index contributed by atoms with van der Waals surface area (Å²) < 4.78 is 10.0. The lowest BCUT2D eigenvalue weighted by molar-refractivity contribution is 0.0602. The quantitative estimate of drug-likeness (QED) is 0.872. The van der Waals surface area contributed by atoms with E-state index in [9.17, 15) is 9.59 Å². The average Bonchev–Trinajstić information content (AvgIpc) is 3.09. The number of fused-ring (bicyclic) bond motifs is 1. The van der Waals surface area contributed by atoms with Crippen LogP contribution in [0.25, 0.3) is 0 Å². The van der Waals surface area contributed by atoms with Crippen LogP contribution in [0.2, 0.25) is 0 Å². The summed E-state index contributed by atoms with van der Waals surface area (Å²) in [5.41, 5.74) is 1.55. The molecule has 1 aliphatic carbocycles. The maximum absolute atomic E-state index is 12.5. The number of aryl methyl sites for hydroxylation is 2. The van der Waals surface area contributed by atoms with Gasteiger partial charge in [0.25, 0.3) is 5.91 Å². The van der Waals surface area contributed by atoms with E-state index >= 15 is 0 Å². The van der Waals surface area contributed by atoms with Crippen LogP contribution in [0.15, 0.2) is 10.6 Å². The van der Waals surface area contributed by atoms with Crippen molar-refractivity contribution in [3.05, 3.63) is 33.5 Å².